The van der Waals surface area contributed by atoms with Crippen molar-refractivity contribution in [2.24, 2.45) is 0 Å². The highest BCUT2D eigenvalue weighted by Crippen LogP contribution is 2.18. The maximum atomic E-state index is 12.2. The Bertz CT molecular complexity index is 825. The topological polar surface area (TPSA) is 56.2 Å². The molecule has 0 saturated heterocycles. The van der Waals surface area contributed by atoms with E-state index in [1.165, 1.54) is 0 Å². The fourth-order valence-corrected chi connectivity index (χ4v) is 2.59. The molecule has 124 valence electrons. The SMILES string of the molecule is CC(C)NC(=O)Cn1c(COc2ccccc2)nc2ccccc21. The zero-order valence-corrected chi connectivity index (χ0v) is 13.9. The standard InChI is InChI=1S/C19H21N3O2/c1-14(2)20-19(23)12-22-17-11-7-6-10-16(17)21-18(22)13-24-15-8-4-3-5-9-15/h3-11,14H,12-13H2,1-2H3,(H,20,23). The molecule has 0 spiro atoms. The third-order valence-corrected chi connectivity index (χ3v) is 3.60. The van der Waals surface area contributed by atoms with Crippen molar-refractivity contribution in [3.63, 3.8) is 0 Å². The van der Waals surface area contributed by atoms with Gasteiger partial charge in [0.15, 0.2) is 0 Å². The van der Waals surface area contributed by atoms with E-state index in [0.717, 1.165) is 22.6 Å². The van der Waals surface area contributed by atoms with E-state index in [9.17, 15) is 4.79 Å². The van der Waals surface area contributed by atoms with Crippen molar-refractivity contribution in [3.05, 3.63) is 60.4 Å². The van der Waals surface area contributed by atoms with E-state index in [-0.39, 0.29) is 18.5 Å². The number of amides is 1. The molecule has 1 heterocycles. The van der Waals surface area contributed by atoms with Gasteiger partial charge in [-0.1, -0.05) is 30.3 Å². The van der Waals surface area contributed by atoms with E-state index in [2.05, 4.69) is 10.3 Å². The van der Waals surface area contributed by atoms with Crippen LogP contribution < -0.4 is 10.1 Å². The van der Waals surface area contributed by atoms with E-state index in [4.69, 9.17) is 4.74 Å². The Hall–Kier alpha value is -2.82. The number of para-hydroxylation sites is 3. The number of nitrogens with one attached hydrogen (secondary N) is 1. The van der Waals surface area contributed by atoms with Crippen LogP contribution in [0.25, 0.3) is 11.0 Å². The lowest BCUT2D eigenvalue weighted by atomic mass is 10.3. The van der Waals surface area contributed by atoms with Crippen LogP contribution in [0.15, 0.2) is 54.6 Å². The maximum Gasteiger partial charge on any atom is 0.240 e. The van der Waals surface area contributed by atoms with E-state index in [1.807, 2.05) is 73.0 Å². The summed E-state index contributed by atoms with van der Waals surface area (Å²) in [6.07, 6.45) is 0. The van der Waals surface area contributed by atoms with Gasteiger partial charge in [-0.3, -0.25) is 4.79 Å². The van der Waals surface area contributed by atoms with Gasteiger partial charge in [0, 0.05) is 6.04 Å². The average Bonchev–Trinajstić information content (AvgIpc) is 2.91. The highest BCUT2D eigenvalue weighted by atomic mass is 16.5. The molecular weight excluding hydrogens is 302 g/mol. The van der Waals surface area contributed by atoms with Crippen LogP contribution in [0.1, 0.15) is 19.7 Å². The molecule has 5 nitrogen and oxygen atoms in total. The minimum atomic E-state index is -0.0332. The molecular formula is C19H21N3O2. The molecule has 0 radical (unpaired) electrons. The first-order valence-corrected chi connectivity index (χ1v) is 8.05. The number of carbonyl (C=O) groups excluding carboxylic acids is 1. The quantitative estimate of drug-likeness (QED) is 0.758. The van der Waals surface area contributed by atoms with E-state index in [1.54, 1.807) is 0 Å². The van der Waals surface area contributed by atoms with Crippen molar-refractivity contribution in [2.75, 3.05) is 0 Å². The molecule has 0 aliphatic heterocycles. The fraction of sp³-hybridized carbons (Fsp3) is 0.263. The second kappa shape index (κ2) is 7.17. The number of hydrogen-bond acceptors (Lipinski definition) is 3. The van der Waals surface area contributed by atoms with Gasteiger partial charge in [-0.25, -0.2) is 4.98 Å². The predicted molar refractivity (Wildman–Crippen MR) is 93.8 cm³/mol. The minimum Gasteiger partial charge on any atom is -0.486 e. The Kier molecular flexibility index (Phi) is 4.79. The number of nitrogens with zero attached hydrogens (tertiary/aromatic N) is 2. The number of benzene rings is 2. The first-order chi connectivity index (χ1) is 11.6. The second-order valence-electron chi connectivity index (χ2n) is 5.93. The zero-order chi connectivity index (χ0) is 16.9. The molecule has 0 aliphatic rings. The molecule has 0 atom stereocenters. The van der Waals surface area contributed by atoms with Gasteiger partial charge >= 0.3 is 0 Å². The number of ether oxygens (including phenoxy) is 1. The summed E-state index contributed by atoms with van der Waals surface area (Å²) >= 11 is 0. The van der Waals surface area contributed by atoms with E-state index in [0.29, 0.717) is 6.61 Å². The molecule has 5 heteroatoms. The van der Waals surface area contributed by atoms with Gasteiger partial charge in [-0.2, -0.15) is 0 Å². The summed E-state index contributed by atoms with van der Waals surface area (Å²) in [4.78, 5) is 16.8. The molecule has 1 N–H and O–H groups in total. The average molecular weight is 323 g/mol. The summed E-state index contributed by atoms with van der Waals surface area (Å²) in [7, 11) is 0. The van der Waals surface area contributed by atoms with Crippen LogP contribution in [0, 0.1) is 0 Å². The number of aromatic nitrogens is 2. The second-order valence-corrected chi connectivity index (χ2v) is 5.93. The summed E-state index contributed by atoms with van der Waals surface area (Å²) < 4.78 is 7.72. The lowest BCUT2D eigenvalue weighted by Gasteiger charge is -2.12. The lowest BCUT2D eigenvalue weighted by Crippen LogP contribution is -2.33. The molecule has 2 aromatic carbocycles. The monoisotopic (exact) mass is 323 g/mol. The van der Waals surface area contributed by atoms with Gasteiger partial charge in [-0.05, 0) is 38.1 Å². The van der Waals surface area contributed by atoms with Crippen molar-refractivity contribution < 1.29 is 9.53 Å². The number of hydrogen-bond donors (Lipinski definition) is 1. The van der Waals surface area contributed by atoms with Crippen molar-refractivity contribution in [1.82, 2.24) is 14.9 Å². The van der Waals surface area contributed by atoms with Gasteiger partial charge in [0.2, 0.25) is 5.91 Å². The molecule has 0 aliphatic carbocycles. The number of imidazole rings is 1. The zero-order valence-electron chi connectivity index (χ0n) is 13.9. The summed E-state index contributed by atoms with van der Waals surface area (Å²) in [5, 5.41) is 2.92. The largest absolute Gasteiger partial charge is 0.486 e. The predicted octanol–water partition coefficient (Wildman–Crippen LogP) is 3.14. The third kappa shape index (κ3) is 3.74. The Labute approximate surface area is 141 Å². The van der Waals surface area contributed by atoms with Crippen LogP contribution in [0.5, 0.6) is 5.75 Å². The molecule has 3 rings (SSSR count). The number of rotatable bonds is 6. The summed E-state index contributed by atoms with van der Waals surface area (Å²) in [5.41, 5.74) is 1.80. The summed E-state index contributed by atoms with van der Waals surface area (Å²) in [6, 6.07) is 17.5. The normalized spacial score (nSPS) is 11.0. The number of fused-ring (bicyclic) bond motifs is 1. The first-order valence-electron chi connectivity index (χ1n) is 8.05. The van der Waals surface area contributed by atoms with Gasteiger partial charge in [0.05, 0.1) is 11.0 Å². The maximum absolute atomic E-state index is 12.2. The molecule has 0 unspecified atom stereocenters. The van der Waals surface area contributed by atoms with Crippen molar-refractivity contribution in [1.29, 1.82) is 0 Å². The molecule has 0 fully saturated rings. The molecule has 0 bridgehead atoms. The summed E-state index contributed by atoms with van der Waals surface area (Å²) in [5.74, 6) is 1.48. The van der Waals surface area contributed by atoms with Crippen LogP contribution in [0.3, 0.4) is 0 Å². The van der Waals surface area contributed by atoms with E-state index < -0.39 is 0 Å². The van der Waals surface area contributed by atoms with Crippen LogP contribution in [0.2, 0.25) is 0 Å². The third-order valence-electron chi connectivity index (χ3n) is 3.60. The molecule has 0 saturated carbocycles. The van der Waals surface area contributed by atoms with Gasteiger partial charge in [0.1, 0.15) is 24.7 Å². The molecule has 1 amide bonds. The number of carbonyl (C=O) groups is 1. The highest BCUT2D eigenvalue weighted by molar-refractivity contribution is 5.81. The Balaban J connectivity index is 1.85. The Morgan fingerprint density at radius 3 is 2.58 bits per heavy atom. The van der Waals surface area contributed by atoms with Gasteiger partial charge < -0.3 is 14.6 Å². The van der Waals surface area contributed by atoms with Crippen molar-refractivity contribution >= 4 is 16.9 Å². The van der Waals surface area contributed by atoms with Crippen molar-refractivity contribution in [2.45, 2.75) is 33.0 Å². The minimum absolute atomic E-state index is 0.0332. The van der Waals surface area contributed by atoms with Gasteiger partial charge in [-0.15, -0.1) is 0 Å². The Morgan fingerprint density at radius 1 is 1.12 bits per heavy atom. The highest BCUT2D eigenvalue weighted by Gasteiger charge is 2.14. The molecule has 3 aromatic rings. The summed E-state index contributed by atoms with van der Waals surface area (Å²) in [6.45, 7) is 4.44. The van der Waals surface area contributed by atoms with Crippen LogP contribution in [0.4, 0.5) is 0 Å². The van der Waals surface area contributed by atoms with Crippen LogP contribution in [-0.2, 0) is 17.9 Å². The smallest absolute Gasteiger partial charge is 0.240 e. The molecule has 24 heavy (non-hydrogen) atoms. The van der Waals surface area contributed by atoms with Crippen LogP contribution in [-0.4, -0.2) is 21.5 Å². The van der Waals surface area contributed by atoms with Crippen molar-refractivity contribution in [3.8, 4) is 5.75 Å². The lowest BCUT2D eigenvalue weighted by molar-refractivity contribution is -0.122. The van der Waals surface area contributed by atoms with E-state index >= 15 is 0 Å². The molecule has 1 aromatic heterocycles. The fourth-order valence-electron chi connectivity index (χ4n) is 2.59. The van der Waals surface area contributed by atoms with Crippen LogP contribution >= 0.6 is 0 Å². The first kappa shape index (κ1) is 16.1. The Morgan fingerprint density at radius 2 is 1.83 bits per heavy atom. The van der Waals surface area contributed by atoms with Gasteiger partial charge in [0.25, 0.3) is 0 Å².